The van der Waals surface area contributed by atoms with E-state index in [2.05, 4.69) is 26.6 Å². The zero-order valence-electron chi connectivity index (χ0n) is 10.6. The summed E-state index contributed by atoms with van der Waals surface area (Å²) in [5.74, 6) is 0. The van der Waals surface area contributed by atoms with Gasteiger partial charge >= 0.3 is 6.03 Å². The fourth-order valence-electron chi connectivity index (χ4n) is 1.64. The first-order valence-corrected chi connectivity index (χ1v) is 6.79. The summed E-state index contributed by atoms with van der Waals surface area (Å²) in [5.41, 5.74) is 3.01. The van der Waals surface area contributed by atoms with Crippen molar-refractivity contribution in [1.82, 2.24) is 5.32 Å². The van der Waals surface area contributed by atoms with Crippen LogP contribution in [0.4, 0.5) is 10.5 Å². The molecule has 0 fully saturated rings. The van der Waals surface area contributed by atoms with E-state index in [9.17, 15) is 4.79 Å². The summed E-state index contributed by atoms with van der Waals surface area (Å²) < 4.78 is 1.01. The first-order valence-electron chi connectivity index (χ1n) is 5.99. The Bertz CT molecular complexity index is 567. The number of hydrogen-bond acceptors (Lipinski definition) is 1. The lowest BCUT2D eigenvalue weighted by Gasteiger charge is -2.08. The highest BCUT2D eigenvalue weighted by molar-refractivity contribution is 9.10. The van der Waals surface area contributed by atoms with Crippen LogP contribution in [-0.4, -0.2) is 6.03 Å². The quantitative estimate of drug-likeness (QED) is 0.879. The van der Waals surface area contributed by atoms with Crippen LogP contribution >= 0.6 is 15.9 Å². The minimum atomic E-state index is -0.205. The number of aryl methyl sites for hydroxylation is 1. The molecule has 2 aromatic carbocycles. The molecule has 4 heteroatoms. The maximum atomic E-state index is 11.7. The Kier molecular flexibility index (Phi) is 4.58. The van der Waals surface area contributed by atoms with Gasteiger partial charge in [0.05, 0.1) is 0 Å². The highest BCUT2D eigenvalue weighted by atomic mass is 79.9. The normalized spacial score (nSPS) is 10.0. The third-order valence-electron chi connectivity index (χ3n) is 2.65. The molecule has 0 heterocycles. The third kappa shape index (κ3) is 4.41. The van der Waals surface area contributed by atoms with Crippen molar-refractivity contribution in [1.29, 1.82) is 0 Å². The van der Waals surface area contributed by atoms with Crippen molar-refractivity contribution in [3.05, 3.63) is 64.1 Å². The van der Waals surface area contributed by atoms with Crippen LogP contribution in [-0.2, 0) is 6.54 Å². The van der Waals surface area contributed by atoms with Crippen molar-refractivity contribution in [2.24, 2.45) is 0 Å². The van der Waals surface area contributed by atoms with Crippen LogP contribution in [0, 0.1) is 6.92 Å². The fourth-order valence-corrected chi connectivity index (χ4v) is 2.09. The predicted molar refractivity (Wildman–Crippen MR) is 81.2 cm³/mol. The van der Waals surface area contributed by atoms with Crippen molar-refractivity contribution < 1.29 is 4.79 Å². The zero-order valence-corrected chi connectivity index (χ0v) is 12.2. The van der Waals surface area contributed by atoms with Gasteiger partial charge in [-0.2, -0.15) is 0 Å². The summed E-state index contributed by atoms with van der Waals surface area (Å²) in [4.78, 5) is 11.7. The molecule has 19 heavy (non-hydrogen) atoms. The largest absolute Gasteiger partial charge is 0.334 e. The minimum absolute atomic E-state index is 0.205. The maximum absolute atomic E-state index is 11.7. The zero-order chi connectivity index (χ0) is 13.7. The van der Waals surface area contributed by atoms with Gasteiger partial charge in [-0.05, 0) is 36.8 Å². The smallest absolute Gasteiger partial charge is 0.319 e. The second-order valence-electron chi connectivity index (χ2n) is 4.30. The molecule has 0 saturated carbocycles. The van der Waals surface area contributed by atoms with Gasteiger partial charge < -0.3 is 10.6 Å². The number of urea groups is 1. The van der Waals surface area contributed by atoms with Crippen LogP contribution in [0.25, 0.3) is 0 Å². The first-order chi connectivity index (χ1) is 9.13. The molecule has 0 radical (unpaired) electrons. The van der Waals surface area contributed by atoms with Gasteiger partial charge in [-0.25, -0.2) is 4.79 Å². The predicted octanol–water partition coefficient (Wildman–Crippen LogP) is 4.08. The molecule has 2 amide bonds. The van der Waals surface area contributed by atoms with Gasteiger partial charge in [-0.1, -0.05) is 45.8 Å². The lowest BCUT2D eigenvalue weighted by atomic mass is 10.2. The van der Waals surface area contributed by atoms with E-state index in [4.69, 9.17) is 0 Å². The average Bonchev–Trinajstić information content (AvgIpc) is 2.39. The average molecular weight is 319 g/mol. The second kappa shape index (κ2) is 6.38. The van der Waals surface area contributed by atoms with Crippen molar-refractivity contribution in [2.75, 3.05) is 5.32 Å². The van der Waals surface area contributed by atoms with E-state index < -0.39 is 0 Å². The van der Waals surface area contributed by atoms with Crippen LogP contribution in [0.3, 0.4) is 0 Å². The first kappa shape index (κ1) is 13.6. The van der Waals surface area contributed by atoms with Crippen LogP contribution in [0.1, 0.15) is 11.1 Å². The Balaban J connectivity index is 1.86. The molecule has 2 aromatic rings. The monoisotopic (exact) mass is 318 g/mol. The Morgan fingerprint density at radius 3 is 2.58 bits per heavy atom. The molecular formula is C15H15BrN2O. The van der Waals surface area contributed by atoms with E-state index >= 15 is 0 Å². The van der Waals surface area contributed by atoms with Crippen molar-refractivity contribution in [3.8, 4) is 0 Å². The van der Waals surface area contributed by atoms with Gasteiger partial charge in [-0.15, -0.1) is 0 Å². The van der Waals surface area contributed by atoms with Crippen LogP contribution < -0.4 is 10.6 Å². The van der Waals surface area contributed by atoms with Gasteiger partial charge in [0.15, 0.2) is 0 Å². The minimum Gasteiger partial charge on any atom is -0.334 e. The molecule has 0 atom stereocenters. The van der Waals surface area contributed by atoms with Gasteiger partial charge in [0, 0.05) is 16.7 Å². The summed E-state index contributed by atoms with van der Waals surface area (Å²) in [6.07, 6.45) is 0. The number of halogens is 1. The van der Waals surface area contributed by atoms with Crippen LogP contribution in [0.5, 0.6) is 0 Å². The number of rotatable bonds is 3. The molecule has 0 aliphatic carbocycles. The van der Waals surface area contributed by atoms with E-state index in [-0.39, 0.29) is 6.03 Å². The van der Waals surface area contributed by atoms with Gasteiger partial charge in [0.1, 0.15) is 0 Å². The molecule has 0 unspecified atom stereocenters. The summed E-state index contributed by atoms with van der Waals surface area (Å²) >= 11 is 3.40. The number of hydrogen-bond donors (Lipinski definition) is 2. The van der Waals surface area contributed by atoms with Crippen LogP contribution in [0.2, 0.25) is 0 Å². The van der Waals surface area contributed by atoms with Gasteiger partial charge in [-0.3, -0.25) is 0 Å². The maximum Gasteiger partial charge on any atom is 0.319 e. The summed E-state index contributed by atoms with van der Waals surface area (Å²) in [6.45, 7) is 2.51. The van der Waals surface area contributed by atoms with Crippen LogP contribution in [0.15, 0.2) is 53.0 Å². The summed E-state index contributed by atoms with van der Waals surface area (Å²) in [7, 11) is 0. The van der Waals surface area contributed by atoms with Gasteiger partial charge in [0.25, 0.3) is 0 Å². The molecule has 2 rings (SSSR count). The third-order valence-corrected chi connectivity index (χ3v) is 3.14. The molecule has 0 saturated heterocycles. The number of carbonyl (C=O) groups excluding carboxylic acids is 1. The SMILES string of the molecule is Cc1ccc(NC(=O)NCc2cccc(Br)c2)cc1. The number of amides is 2. The molecule has 98 valence electrons. The molecule has 3 nitrogen and oxygen atoms in total. The molecule has 0 aliphatic heterocycles. The number of carbonyl (C=O) groups is 1. The molecule has 0 spiro atoms. The number of benzene rings is 2. The Hall–Kier alpha value is -1.81. The van der Waals surface area contributed by atoms with Crippen molar-refractivity contribution in [3.63, 3.8) is 0 Å². The second-order valence-corrected chi connectivity index (χ2v) is 5.22. The summed E-state index contributed by atoms with van der Waals surface area (Å²) in [5, 5.41) is 5.61. The lowest BCUT2D eigenvalue weighted by molar-refractivity contribution is 0.251. The molecule has 2 N–H and O–H groups in total. The summed E-state index contributed by atoms with van der Waals surface area (Å²) in [6, 6.07) is 15.3. The Morgan fingerprint density at radius 1 is 1.16 bits per heavy atom. The highest BCUT2D eigenvalue weighted by Gasteiger charge is 2.01. The van der Waals surface area contributed by atoms with E-state index in [1.807, 2.05) is 55.5 Å². The van der Waals surface area contributed by atoms with Crippen molar-refractivity contribution >= 4 is 27.6 Å². The van der Waals surface area contributed by atoms with E-state index in [0.717, 1.165) is 15.7 Å². The van der Waals surface area contributed by atoms with E-state index in [0.29, 0.717) is 6.54 Å². The Morgan fingerprint density at radius 2 is 1.89 bits per heavy atom. The highest BCUT2D eigenvalue weighted by Crippen LogP contribution is 2.11. The Labute approximate surface area is 121 Å². The van der Waals surface area contributed by atoms with E-state index in [1.165, 1.54) is 5.56 Å². The fraction of sp³-hybridized carbons (Fsp3) is 0.133. The van der Waals surface area contributed by atoms with E-state index in [1.54, 1.807) is 0 Å². The molecule has 0 bridgehead atoms. The van der Waals surface area contributed by atoms with Crippen molar-refractivity contribution in [2.45, 2.75) is 13.5 Å². The number of anilines is 1. The molecular weight excluding hydrogens is 304 g/mol. The van der Waals surface area contributed by atoms with Gasteiger partial charge in [0.2, 0.25) is 0 Å². The standard InChI is InChI=1S/C15H15BrN2O/c1-11-5-7-14(8-6-11)18-15(19)17-10-12-3-2-4-13(16)9-12/h2-9H,10H2,1H3,(H2,17,18,19). The molecule has 0 aliphatic rings. The number of nitrogens with one attached hydrogen (secondary N) is 2. The topological polar surface area (TPSA) is 41.1 Å². The lowest BCUT2D eigenvalue weighted by Crippen LogP contribution is -2.28. The molecule has 0 aromatic heterocycles.